The van der Waals surface area contributed by atoms with Gasteiger partial charge in [0.15, 0.2) is 10.9 Å². The number of carbonyl (C=O) groups is 2. The monoisotopic (exact) mass is 476 g/mol. The van der Waals surface area contributed by atoms with Crippen molar-refractivity contribution in [3.63, 3.8) is 0 Å². The first-order valence-corrected chi connectivity index (χ1v) is 10.6. The summed E-state index contributed by atoms with van der Waals surface area (Å²) in [5.41, 5.74) is 1.30. The van der Waals surface area contributed by atoms with Crippen molar-refractivity contribution in [3.05, 3.63) is 70.2 Å². The van der Waals surface area contributed by atoms with E-state index < -0.39 is 0 Å². The highest BCUT2D eigenvalue weighted by atomic mass is 79.9. The highest BCUT2D eigenvalue weighted by Crippen LogP contribution is 2.24. The number of rotatable bonds is 8. The van der Waals surface area contributed by atoms with Gasteiger partial charge < -0.3 is 5.32 Å². The standard InChI is InChI=1S/C20H18BrFN4O2S/c1-13(27)23-11-10-19-24-25-20(26(19)17-8-6-16(22)7-9-17)29-12-18(28)14-2-4-15(21)5-3-14/h2-9H,10-12H2,1H3,(H,23,27). The molecular formula is C20H18BrFN4O2S. The summed E-state index contributed by atoms with van der Waals surface area (Å²) in [6, 6.07) is 13.1. The fraction of sp³-hybridized carbons (Fsp3) is 0.200. The molecule has 1 amide bonds. The summed E-state index contributed by atoms with van der Waals surface area (Å²) in [6.45, 7) is 1.84. The van der Waals surface area contributed by atoms with Crippen LogP contribution in [-0.4, -0.2) is 38.8 Å². The number of hydrogen-bond donors (Lipinski definition) is 1. The molecule has 1 aromatic heterocycles. The quantitative estimate of drug-likeness (QED) is 0.394. The van der Waals surface area contributed by atoms with E-state index in [1.54, 1.807) is 28.8 Å². The maximum absolute atomic E-state index is 13.3. The normalized spacial score (nSPS) is 10.7. The summed E-state index contributed by atoms with van der Waals surface area (Å²) in [5.74, 6) is 0.292. The molecule has 0 saturated carbocycles. The highest BCUT2D eigenvalue weighted by Gasteiger charge is 2.16. The van der Waals surface area contributed by atoms with E-state index >= 15 is 0 Å². The third-order valence-corrected chi connectivity index (χ3v) is 5.46. The van der Waals surface area contributed by atoms with Gasteiger partial charge in [0.1, 0.15) is 11.6 Å². The lowest BCUT2D eigenvalue weighted by Crippen LogP contribution is -2.23. The fourth-order valence-corrected chi connectivity index (χ4v) is 3.73. The largest absolute Gasteiger partial charge is 0.356 e. The molecule has 1 N–H and O–H groups in total. The van der Waals surface area contributed by atoms with E-state index in [0.29, 0.717) is 35.2 Å². The summed E-state index contributed by atoms with van der Waals surface area (Å²) in [6.07, 6.45) is 0.450. The first-order valence-electron chi connectivity index (χ1n) is 8.80. The number of nitrogens with one attached hydrogen (secondary N) is 1. The number of nitrogens with zero attached hydrogens (tertiary/aromatic N) is 3. The van der Waals surface area contributed by atoms with Crippen LogP contribution in [0.5, 0.6) is 0 Å². The van der Waals surface area contributed by atoms with Crippen LogP contribution in [-0.2, 0) is 11.2 Å². The van der Waals surface area contributed by atoms with Gasteiger partial charge in [-0.25, -0.2) is 4.39 Å². The molecular weight excluding hydrogens is 459 g/mol. The Kier molecular flexibility index (Phi) is 7.16. The van der Waals surface area contributed by atoms with Crippen molar-refractivity contribution < 1.29 is 14.0 Å². The lowest BCUT2D eigenvalue weighted by Gasteiger charge is -2.10. The molecule has 6 nitrogen and oxygen atoms in total. The van der Waals surface area contributed by atoms with Gasteiger partial charge in [-0.05, 0) is 36.4 Å². The Bertz CT molecular complexity index is 1010. The minimum absolute atomic E-state index is 0.0315. The van der Waals surface area contributed by atoms with Crippen LogP contribution in [0.25, 0.3) is 5.69 Å². The SMILES string of the molecule is CC(=O)NCCc1nnc(SCC(=O)c2ccc(Br)cc2)n1-c1ccc(F)cc1. The van der Waals surface area contributed by atoms with E-state index in [1.165, 1.54) is 30.8 Å². The predicted molar refractivity (Wildman–Crippen MR) is 113 cm³/mol. The van der Waals surface area contributed by atoms with E-state index in [-0.39, 0.29) is 23.3 Å². The van der Waals surface area contributed by atoms with Crippen molar-refractivity contribution in [2.45, 2.75) is 18.5 Å². The van der Waals surface area contributed by atoms with Crippen molar-refractivity contribution in [2.24, 2.45) is 0 Å². The van der Waals surface area contributed by atoms with Gasteiger partial charge in [0, 0.05) is 35.6 Å². The third kappa shape index (κ3) is 5.74. The van der Waals surface area contributed by atoms with Crippen LogP contribution in [0, 0.1) is 5.82 Å². The molecule has 0 aliphatic carbocycles. The lowest BCUT2D eigenvalue weighted by atomic mass is 10.2. The molecule has 9 heteroatoms. The van der Waals surface area contributed by atoms with Gasteiger partial charge in [-0.15, -0.1) is 10.2 Å². The number of aromatic nitrogens is 3. The molecule has 0 aliphatic heterocycles. The van der Waals surface area contributed by atoms with Crippen molar-refractivity contribution in [1.82, 2.24) is 20.1 Å². The Morgan fingerprint density at radius 2 is 1.79 bits per heavy atom. The maximum Gasteiger partial charge on any atom is 0.216 e. The zero-order valence-electron chi connectivity index (χ0n) is 15.6. The predicted octanol–water partition coefficient (Wildman–Crippen LogP) is 3.82. The van der Waals surface area contributed by atoms with Crippen molar-refractivity contribution >= 4 is 39.4 Å². The van der Waals surface area contributed by atoms with Gasteiger partial charge in [-0.1, -0.05) is 39.8 Å². The average Bonchev–Trinajstić information content (AvgIpc) is 3.10. The van der Waals surface area contributed by atoms with Crippen LogP contribution in [0.3, 0.4) is 0 Å². The molecule has 3 rings (SSSR count). The van der Waals surface area contributed by atoms with Gasteiger partial charge in [0.05, 0.1) is 5.75 Å². The Hall–Kier alpha value is -2.52. The Morgan fingerprint density at radius 3 is 2.45 bits per heavy atom. The molecule has 150 valence electrons. The van der Waals surface area contributed by atoms with Crippen LogP contribution in [0.4, 0.5) is 4.39 Å². The van der Waals surface area contributed by atoms with Gasteiger partial charge in [0.2, 0.25) is 5.91 Å². The zero-order chi connectivity index (χ0) is 20.8. The number of ketones is 1. The number of amides is 1. The summed E-state index contributed by atoms with van der Waals surface area (Å²) in [4.78, 5) is 23.6. The number of halogens is 2. The molecule has 0 fully saturated rings. The molecule has 0 saturated heterocycles. The molecule has 0 spiro atoms. The average molecular weight is 477 g/mol. The molecule has 0 bridgehead atoms. The summed E-state index contributed by atoms with van der Waals surface area (Å²) in [5, 5.41) is 11.7. The van der Waals surface area contributed by atoms with Crippen molar-refractivity contribution in [2.75, 3.05) is 12.3 Å². The first-order chi connectivity index (χ1) is 13.9. The highest BCUT2D eigenvalue weighted by molar-refractivity contribution is 9.10. The number of hydrogen-bond acceptors (Lipinski definition) is 5. The van der Waals surface area contributed by atoms with E-state index in [4.69, 9.17) is 0 Å². The number of Topliss-reactive ketones (excluding diaryl/α,β-unsaturated/α-hetero) is 1. The maximum atomic E-state index is 13.3. The molecule has 0 radical (unpaired) electrons. The van der Waals surface area contributed by atoms with Gasteiger partial charge in [-0.3, -0.25) is 14.2 Å². The molecule has 0 atom stereocenters. The lowest BCUT2D eigenvalue weighted by molar-refractivity contribution is -0.118. The summed E-state index contributed by atoms with van der Waals surface area (Å²) < 4.78 is 16.0. The molecule has 3 aromatic rings. The smallest absolute Gasteiger partial charge is 0.216 e. The van der Waals surface area contributed by atoms with Crippen LogP contribution < -0.4 is 5.32 Å². The zero-order valence-corrected chi connectivity index (χ0v) is 18.0. The minimum Gasteiger partial charge on any atom is -0.356 e. The molecule has 29 heavy (non-hydrogen) atoms. The van der Waals surface area contributed by atoms with Crippen molar-refractivity contribution in [3.8, 4) is 5.69 Å². The van der Waals surface area contributed by atoms with Crippen LogP contribution in [0.15, 0.2) is 58.2 Å². The van der Waals surface area contributed by atoms with E-state index in [9.17, 15) is 14.0 Å². The van der Waals surface area contributed by atoms with E-state index in [2.05, 4.69) is 31.4 Å². The van der Waals surface area contributed by atoms with Crippen LogP contribution in [0.1, 0.15) is 23.1 Å². The summed E-state index contributed by atoms with van der Waals surface area (Å²) in [7, 11) is 0. The minimum atomic E-state index is -0.346. The Balaban J connectivity index is 1.80. The topological polar surface area (TPSA) is 76.9 Å². The molecule has 1 heterocycles. The van der Waals surface area contributed by atoms with Gasteiger partial charge in [0.25, 0.3) is 0 Å². The van der Waals surface area contributed by atoms with E-state index in [0.717, 1.165) is 4.47 Å². The van der Waals surface area contributed by atoms with Crippen LogP contribution in [0.2, 0.25) is 0 Å². The van der Waals surface area contributed by atoms with Crippen LogP contribution >= 0.6 is 27.7 Å². The number of benzene rings is 2. The van der Waals surface area contributed by atoms with E-state index in [1.807, 2.05) is 12.1 Å². The second-order valence-electron chi connectivity index (χ2n) is 6.16. The third-order valence-electron chi connectivity index (χ3n) is 4.01. The number of thioether (sulfide) groups is 1. The number of carbonyl (C=O) groups excluding carboxylic acids is 2. The van der Waals surface area contributed by atoms with Crippen molar-refractivity contribution in [1.29, 1.82) is 0 Å². The second kappa shape index (κ2) is 9.80. The molecule has 0 aliphatic rings. The first kappa shape index (κ1) is 21.2. The Labute approximate surface area is 180 Å². The summed E-state index contributed by atoms with van der Waals surface area (Å²) >= 11 is 4.61. The van der Waals surface area contributed by atoms with Gasteiger partial charge in [-0.2, -0.15) is 0 Å². The fourth-order valence-electron chi connectivity index (χ4n) is 2.60. The second-order valence-corrected chi connectivity index (χ2v) is 8.02. The van der Waals surface area contributed by atoms with Gasteiger partial charge >= 0.3 is 0 Å². The Morgan fingerprint density at radius 1 is 1.10 bits per heavy atom. The molecule has 2 aromatic carbocycles. The molecule has 0 unspecified atom stereocenters.